The number of fused-ring (bicyclic) bond motifs is 1. The van der Waals surface area contributed by atoms with Crippen molar-refractivity contribution in [2.24, 2.45) is 5.92 Å². The van der Waals surface area contributed by atoms with E-state index in [-0.39, 0.29) is 5.91 Å². The second kappa shape index (κ2) is 8.17. The number of hydrogen-bond donors (Lipinski definition) is 1. The fraction of sp³-hybridized carbons (Fsp3) is 0.364. The molecule has 1 N–H and O–H groups in total. The molecule has 4 nitrogen and oxygen atoms in total. The van der Waals surface area contributed by atoms with E-state index >= 15 is 0 Å². The zero-order valence-corrected chi connectivity index (χ0v) is 15.8. The number of nitrogens with zero attached hydrogens (tertiary/aromatic N) is 2. The first-order chi connectivity index (χ1) is 12.6. The Balaban J connectivity index is 1.64. The summed E-state index contributed by atoms with van der Waals surface area (Å²) in [5.41, 5.74) is 4.38. The van der Waals surface area contributed by atoms with Crippen LogP contribution in [0.4, 0.5) is 5.69 Å². The minimum Gasteiger partial charge on any atom is -0.328 e. The van der Waals surface area contributed by atoms with Gasteiger partial charge in [0.2, 0.25) is 5.91 Å². The summed E-state index contributed by atoms with van der Waals surface area (Å²) in [4.78, 5) is 16.6. The van der Waals surface area contributed by atoms with Crippen LogP contribution in [-0.2, 0) is 24.2 Å². The summed E-state index contributed by atoms with van der Waals surface area (Å²) in [6.45, 7) is 7.18. The van der Waals surface area contributed by atoms with Gasteiger partial charge >= 0.3 is 0 Å². The zero-order chi connectivity index (χ0) is 18.5. The number of aromatic nitrogens is 2. The van der Waals surface area contributed by atoms with Crippen LogP contribution in [0.2, 0.25) is 0 Å². The van der Waals surface area contributed by atoms with Crippen LogP contribution in [-0.4, -0.2) is 15.5 Å². The molecule has 0 fully saturated rings. The number of amides is 1. The lowest BCUT2D eigenvalue weighted by molar-refractivity contribution is -0.116. The number of hydrogen-bond acceptors (Lipinski definition) is 2. The van der Waals surface area contributed by atoms with Crippen LogP contribution in [0, 0.1) is 5.92 Å². The Morgan fingerprint density at radius 1 is 1.08 bits per heavy atom. The maximum absolute atomic E-state index is 11.9. The number of para-hydroxylation sites is 2. The topological polar surface area (TPSA) is 46.9 Å². The molecule has 0 saturated heterocycles. The Hall–Kier alpha value is -2.62. The van der Waals surface area contributed by atoms with Crippen LogP contribution >= 0.6 is 0 Å². The van der Waals surface area contributed by atoms with E-state index in [9.17, 15) is 4.79 Å². The zero-order valence-electron chi connectivity index (χ0n) is 15.8. The third kappa shape index (κ3) is 4.31. The summed E-state index contributed by atoms with van der Waals surface area (Å²) in [6.07, 6.45) is 2.39. The molecular weight excluding hydrogens is 322 g/mol. The minimum absolute atomic E-state index is 0.0735. The van der Waals surface area contributed by atoms with Gasteiger partial charge in [-0.3, -0.25) is 4.79 Å². The molecule has 3 rings (SSSR count). The third-order valence-corrected chi connectivity index (χ3v) is 4.52. The smallest absolute Gasteiger partial charge is 0.224 e. The Labute approximate surface area is 155 Å². The minimum atomic E-state index is 0.0735. The van der Waals surface area contributed by atoms with E-state index in [2.05, 4.69) is 47.1 Å². The van der Waals surface area contributed by atoms with E-state index in [0.717, 1.165) is 36.4 Å². The van der Waals surface area contributed by atoms with Gasteiger partial charge in [-0.25, -0.2) is 4.98 Å². The average molecular weight is 349 g/mol. The molecular formula is C22H27N3O. The highest BCUT2D eigenvalue weighted by Gasteiger charge is 2.09. The first-order valence-electron chi connectivity index (χ1n) is 9.39. The predicted molar refractivity (Wildman–Crippen MR) is 107 cm³/mol. The molecule has 1 aromatic heterocycles. The van der Waals surface area contributed by atoms with Gasteiger partial charge < -0.3 is 9.88 Å². The molecule has 136 valence electrons. The first-order valence-corrected chi connectivity index (χ1v) is 9.39. The molecule has 4 heteroatoms. The number of aryl methyl sites for hydroxylation is 3. The van der Waals surface area contributed by atoms with Gasteiger partial charge in [0.15, 0.2) is 0 Å². The standard InChI is InChI=1S/C22H27N3O/c1-4-25-20-8-6-5-7-19(20)24-21(25)14-11-17-9-12-18(13-10-17)23-22(26)15-16(2)3/h5-10,12-13,16H,4,11,14-15H2,1-3H3,(H,23,26). The van der Waals surface area contributed by atoms with Gasteiger partial charge in [-0.2, -0.15) is 0 Å². The van der Waals surface area contributed by atoms with E-state index in [1.165, 1.54) is 11.1 Å². The van der Waals surface area contributed by atoms with Crippen LogP contribution in [0.3, 0.4) is 0 Å². The number of benzene rings is 2. The summed E-state index contributed by atoms with van der Waals surface area (Å²) < 4.78 is 2.29. The van der Waals surface area contributed by atoms with Crippen LogP contribution < -0.4 is 5.32 Å². The third-order valence-electron chi connectivity index (χ3n) is 4.52. The second-order valence-electron chi connectivity index (χ2n) is 7.10. The van der Waals surface area contributed by atoms with Gasteiger partial charge in [-0.1, -0.05) is 38.1 Å². The van der Waals surface area contributed by atoms with Crippen LogP contribution in [0.25, 0.3) is 11.0 Å². The first kappa shape index (κ1) is 18.2. The molecule has 0 aliphatic carbocycles. The van der Waals surface area contributed by atoms with Gasteiger partial charge in [0.25, 0.3) is 0 Å². The van der Waals surface area contributed by atoms with Crippen molar-refractivity contribution in [3.8, 4) is 0 Å². The monoisotopic (exact) mass is 349 g/mol. The molecule has 1 amide bonds. The maximum Gasteiger partial charge on any atom is 0.224 e. The lowest BCUT2D eigenvalue weighted by atomic mass is 10.1. The highest BCUT2D eigenvalue weighted by molar-refractivity contribution is 5.90. The quantitative estimate of drug-likeness (QED) is 0.664. The van der Waals surface area contributed by atoms with E-state index in [0.29, 0.717) is 12.3 Å². The Morgan fingerprint density at radius 2 is 1.81 bits per heavy atom. The molecule has 2 aromatic carbocycles. The van der Waals surface area contributed by atoms with Crippen molar-refractivity contribution in [1.82, 2.24) is 9.55 Å². The van der Waals surface area contributed by atoms with E-state index in [1.807, 2.05) is 32.0 Å². The highest BCUT2D eigenvalue weighted by atomic mass is 16.1. The van der Waals surface area contributed by atoms with Crippen molar-refractivity contribution in [3.63, 3.8) is 0 Å². The van der Waals surface area contributed by atoms with Gasteiger partial charge in [0, 0.05) is 25.1 Å². The number of rotatable bonds is 7. The van der Waals surface area contributed by atoms with Crippen LogP contribution in [0.15, 0.2) is 48.5 Å². The second-order valence-corrected chi connectivity index (χ2v) is 7.10. The average Bonchev–Trinajstić information content (AvgIpc) is 2.98. The predicted octanol–water partition coefficient (Wildman–Crippen LogP) is 4.83. The number of imidazole rings is 1. The summed E-state index contributed by atoms with van der Waals surface area (Å²) in [5, 5.41) is 2.95. The van der Waals surface area contributed by atoms with Gasteiger partial charge in [0.1, 0.15) is 5.82 Å². The van der Waals surface area contributed by atoms with Gasteiger partial charge in [-0.15, -0.1) is 0 Å². The lowest BCUT2D eigenvalue weighted by Gasteiger charge is -2.09. The molecule has 0 unspecified atom stereocenters. The van der Waals surface area contributed by atoms with Crippen molar-refractivity contribution >= 4 is 22.6 Å². The number of nitrogens with one attached hydrogen (secondary N) is 1. The van der Waals surface area contributed by atoms with E-state index in [1.54, 1.807) is 0 Å². The number of anilines is 1. The van der Waals surface area contributed by atoms with Gasteiger partial charge in [-0.05, 0) is 49.1 Å². The largest absolute Gasteiger partial charge is 0.328 e. The summed E-state index contributed by atoms with van der Waals surface area (Å²) in [5.74, 6) is 1.57. The van der Waals surface area contributed by atoms with Crippen LogP contribution in [0.5, 0.6) is 0 Å². The molecule has 0 bridgehead atoms. The molecule has 0 atom stereocenters. The Bertz CT molecular complexity index is 878. The summed E-state index contributed by atoms with van der Waals surface area (Å²) in [7, 11) is 0. The summed E-state index contributed by atoms with van der Waals surface area (Å²) in [6, 6.07) is 16.4. The molecule has 3 aromatic rings. The van der Waals surface area contributed by atoms with Crippen molar-refractivity contribution in [2.75, 3.05) is 5.32 Å². The number of carbonyl (C=O) groups is 1. The summed E-state index contributed by atoms with van der Waals surface area (Å²) >= 11 is 0. The Kier molecular flexibility index (Phi) is 5.71. The van der Waals surface area contributed by atoms with Gasteiger partial charge in [0.05, 0.1) is 11.0 Å². The lowest BCUT2D eigenvalue weighted by Crippen LogP contribution is -2.13. The highest BCUT2D eigenvalue weighted by Crippen LogP contribution is 2.18. The maximum atomic E-state index is 11.9. The fourth-order valence-electron chi connectivity index (χ4n) is 3.26. The van der Waals surface area contributed by atoms with Crippen molar-refractivity contribution < 1.29 is 4.79 Å². The van der Waals surface area contributed by atoms with Crippen molar-refractivity contribution in [3.05, 3.63) is 59.9 Å². The Morgan fingerprint density at radius 3 is 2.50 bits per heavy atom. The van der Waals surface area contributed by atoms with E-state index in [4.69, 9.17) is 4.98 Å². The molecule has 1 heterocycles. The fourth-order valence-corrected chi connectivity index (χ4v) is 3.26. The molecule has 0 saturated carbocycles. The van der Waals surface area contributed by atoms with Crippen molar-refractivity contribution in [1.29, 1.82) is 0 Å². The molecule has 0 spiro atoms. The van der Waals surface area contributed by atoms with Crippen LogP contribution in [0.1, 0.15) is 38.6 Å². The normalized spacial score (nSPS) is 11.2. The number of carbonyl (C=O) groups excluding carboxylic acids is 1. The van der Waals surface area contributed by atoms with E-state index < -0.39 is 0 Å². The molecule has 0 radical (unpaired) electrons. The SMILES string of the molecule is CCn1c(CCc2ccc(NC(=O)CC(C)C)cc2)nc2ccccc21. The molecule has 0 aliphatic rings. The van der Waals surface area contributed by atoms with Crippen molar-refractivity contribution in [2.45, 2.75) is 46.6 Å². The molecule has 26 heavy (non-hydrogen) atoms. The molecule has 0 aliphatic heterocycles.